The van der Waals surface area contributed by atoms with Crippen molar-refractivity contribution in [3.05, 3.63) is 23.3 Å². The number of allylic oxidation sites excluding steroid dienone is 4. The maximum Gasteiger partial charge on any atom is 0.184 e. The molecule has 0 heterocycles. The van der Waals surface area contributed by atoms with Crippen molar-refractivity contribution in [2.75, 3.05) is 0 Å². The van der Waals surface area contributed by atoms with Gasteiger partial charge in [0.2, 0.25) is 0 Å². The molecule has 0 aromatic heterocycles. The normalized spacial score (nSPS) is 47.5. The van der Waals surface area contributed by atoms with Crippen LogP contribution in [0.15, 0.2) is 23.3 Å². The molecule has 0 N–H and O–H groups in total. The molecule has 3 nitrogen and oxygen atoms in total. The van der Waals surface area contributed by atoms with Crippen molar-refractivity contribution >= 4 is 17.3 Å². The monoisotopic (exact) mass is 358 g/mol. The van der Waals surface area contributed by atoms with Crippen molar-refractivity contribution in [2.45, 2.75) is 65.5 Å². The van der Waals surface area contributed by atoms with E-state index in [4.69, 9.17) is 0 Å². The van der Waals surface area contributed by atoms with E-state index in [0.29, 0.717) is 12.0 Å². The van der Waals surface area contributed by atoms with Crippen molar-refractivity contribution in [3.63, 3.8) is 0 Å². The van der Waals surface area contributed by atoms with Crippen molar-refractivity contribution in [3.8, 4) is 0 Å². The highest BCUT2D eigenvalue weighted by Gasteiger charge is 2.71. The van der Waals surface area contributed by atoms with Crippen molar-refractivity contribution in [1.29, 1.82) is 0 Å². The molecule has 0 bridgehead atoms. The minimum absolute atomic E-state index is 0.00921. The van der Waals surface area contributed by atoms with Gasteiger partial charge in [-0.3, -0.25) is 14.4 Å². The van der Waals surface area contributed by atoms with E-state index in [1.54, 1.807) is 13.0 Å². The Morgan fingerprint density at radius 1 is 1.23 bits per heavy atom. The van der Waals surface area contributed by atoms with Crippen LogP contribution in [0, 0.1) is 28.6 Å². The van der Waals surface area contributed by atoms with Crippen molar-refractivity contribution in [1.82, 2.24) is 0 Å². The molecule has 0 radical (unpaired) electrons. The number of alkyl halides is 1. The fourth-order valence-electron chi connectivity index (χ4n) is 6.81. The Kier molecular flexibility index (Phi) is 3.59. The third kappa shape index (κ3) is 1.91. The van der Waals surface area contributed by atoms with Gasteiger partial charge in [-0.25, -0.2) is 4.39 Å². The molecule has 0 saturated heterocycles. The topological polar surface area (TPSA) is 51.2 Å². The van der Waals surface area contributed by atoms with Crippen LogP contribution in [0.5, 0.6) is 0 Å². The summed E-state index contributed by atoms with van der Waals surface area (Å²) in [5.74, 6) is -0.926. The Balaban J connectivity index is 1.90. The Bertz CT molecular complexity index is 793. The van der Waals surface area contributed by atoms with Gasteiger partial charge in [-0.05, 0) is 56.1 Å². The van der Waals surface area contributed by atoms with Gasteiger partial charge < -0.3 is 0 Å². The van der Waals surface area contributed by atoms with Crippen LogP contribution in [-0.4, -0.2) is 23.0 Å². The maximum atomic E-state index is 16.7. The van der Waals surface area contributed by atoms with Gasteiger partial charge in [-0.2, -0.15) is 0 Å². The first-order chi connectivity index (χ1) is 12.1. The number of halogens is 1. The van der Waals surface area contributed by atoms with Crippen LogP contribution in [0.25, 0.3) is 0 Å². The number of carbonyl (C=O) groups is 3. The average Bonchev–Trinajstić information content (AvgIpc) is 2.89. The Morgan fingerprint density at radius 2 is 1.92 bits per heavy atom. The smallest absolute Gasteiger partial charge is 0.184 e. The quantitative estimate of drug-likeness (QED) is 0.707. The number of rotatable bonds is 1. The third-order valence-electron chi connectivity index (χ3n) is 8.17. The van der Waals surface area contributed by atoms with E-state index in [0.717, 1.165) is 18.4 Å². The molecule has 6 atom stereocenters. The van der Waals surface area contributed by atoms with Gasteiger partial charge in [0.15, 0.2) is 17.2 Å². The predicted molar refractivity (Wildman–Crippen MR) is 96.1 cm³/mol. The average molecular weight is 358 g/mol. The Morgan fingerprint density at radius 3 is 2.58 bits per heavy atom. The third-order valence-corrected chi connectivity index (χ3v) is 8.17. The summed E-state index contributed by atoms with van der Waals surface area (Å²) < 4.78 is 16.7. The summed E-state index contributed by atoms with van der Waals surface area (Å²) in [5.41, 5.74) is -1.76. The molecule has 26 heavy (non-hydrogen) atoms. The zero-order valence-corrected chi connectivity index (χ0v) is 16.0. The second kappa shape index (κ2) is 5.24. The lowest BCUT2D eigenvalue weighted by Gasteiger charge is -2.58. The largest absolute Gasteiger partial charge is 0.300 e. The van der Waals surface area contributed by atoms with E-state index in [9.17, 15) is 14.4 Å². The molecule has 0 aliphatic heterocycles. The molecule has 4 heteroatoms. The molecule has 4 aliphatic rings. The molecule has 0 spiro atoms. The fraction of sp³-hybridized carbons (Fsp3) is 0.682. The van der Waals surface area contributed by atoms with Crippen LogP contribution >= 0.6 is 0 Å². The molecule has 0 aromatic carbocycles. The van der Waals surface area contributed by atoms with Crippen LogP contribution in [0.4, 0.5) is 4.39 Å². The molecule has 4 rings (SSSR count). The van der Waals surface area contributed by atoms with Crippen LogP contribution in [0.3, 0.4) is 0 Å². The van der Waals surface area contributed by atoms with E-state index in [-0.39, 0.29) is 42.0 Å². The molecular weight excluding hydrogens is 331 g/mol. The Hall–Kier alpha value is -1.58. The molecule has 2 saturated carbocycles. The van der Waals surface area contributed by atoms with Crippen molar-refractivity contribution < 1.29 is 18.8 Å². The minimum Gasteiger partial charge on any atom is -0.300 e. The number of ketones is 3. The summed E-state index contributed by atoms with van der Waals surface area (Å²) >= 11 is 0. The van der Waals surface area contributed by atoms with Crippen LogP contribution in [-0.2, 0) is 14.4 Å². The van der Waals surface area contributed by atoms with Crippen LogP contribution in [0.2, 0.25) is 0 Å². The van der Waals surface area contributed by atoms with Gasteiger partial charge >= 0.3 is 0 Å². The molecule has 0 amide bonds. The summed E-state index contributed by atoms with van der Waals surface area (Å²) in [7, 11) is 0. The van der Waals surface area contributed by atoms with Crippen LogP contribution < -0.4 is 0 Å². The summed E-state index contributed by atoms with van der Waals surface area (Å²) in [6, 6.07) is 0. The maximum absolute atomic E-state index is 16.7. The fourth-order valence-corrected chi connectivity index (χ4v) is 6.81. The zero-order valence-electron chi connectivity index (χ0n) is 16.0. The first kappa shape index (κ1) is 17.8. The highest BCUT2D eigenvalue weighted by Crippen LogP contribution is 2.67. The summed E-state index contributed by atoms with van der Waals surface area (Å²) in [5, 5.41) is 0. The summed E-state index contributed by atoms with van der Waals surface area (Å²) in [6.45, 7) is 7.36. The van der Waals surface area contributed by atoms with Gasteiger partial charge in [-0.1, -0.05) is 25.5 Å². The lowest BCUT2D eigenvalue weighted by molar-refractivity contribution is -0.164. The van der Waals surface area contributed by atoms with E-state index in [2.05, 4.69) is 0 Å². The molecular formula is C22H27FO3. The lowest BCUT2D eigenvalue weighted by Crippen LogP contribution is -2.65. The van der Waals surface area contributed by atoms with Crippen molar-refractivity contribution in [2.24, 2.45) is 28.6 Å². The number of Topliss-reactive ketones (excluding diaryl/α,β-unsaturated/α-hetero) is 2. The summed E-state index contributed by atoms with van der Waals surface area (Å²) in [4.78, 5) is 37.4. The van der Waals surface area contributed by atoms with Gasteiger partial charge in [-0.15, -0.1) is 0 Å². The Labute approximate surface area is 154 Å². The first-order valence-electron chi connectivity index (χ1n) is 9.72. The lowest BCUT2D eigenvalue weighted by atomic mass is 9.45. The second-order valence-corrected chi connectivity index (χ2v) is 9.40. The molecule has 4 aliphatic carbocycles. The minimum atomic E-state index is -1.98. The van der Waals surface area contributed by atoms with E-state index in [1.807, 2.05) is 26.8 Å². The predicted octanol–water partition coefficient (Wildman–Crippen LogP) is 4.16. The standard InChI is InChI=1S/C22H27FO3/c1-12-9-18-16-6-5-15(13(2)24)20(16,3)11-19(26)22(18,23)21(4)8-7-14(25)10-17(12)21/h9-10,15-16,18H,5-8,11H2,1-4H3. The highest BCUT2D eigenvalue weighted by molar-refractivity contribution is 5.97. The van der Waals surface area contributed by atoms with Gasteiger partial charge in [0.05, 0.1) is 0 Å². The highest BCUT2D eigenvalue weighted by atomic mass is 19.1. The van der Waals surface area contributed by atoms with Crippen LogP contribution in [0.1, 0.15) is 59.8 Å². The number of hydrogen-bond acceptors (Lipinski definition) is 3. The SMILES string of the molecule is CC(=O)C1CCC2C3C=C(C)C4=CC(=O)CCC4(C)C3(F)C(=O)CC12C. The number of hydrogen-bond donors (Lipinski definition) is 0. The first-order valence-corrected chi connectivity index (χ1v) is 9.72. The van der Waals surface area contributed by atoms with Gasteiger partial charge in [0, 0.05) is 30.1 Å². The molecule has 2 fully saturated rings. The van der Waals surface area contributed by atoms with Gasteiger partial charge in [0.25, 0.3) is 0 Å². The van der Waals surface area contributed by atoms with Gasteiger partial charge in [0.1, 0.15) is 5.78 Å². The number of fused-ring (bicyclic) bond motifs is 5. The summed E-state index contributed by atoms with van der Waals surface area (Å²) in [6.07, 6.45) is 5.76. The molecule has 0 aromatic rings. The zero-order chi connectivity index (χ0) is 19.1. The number of carbonyl (C=O) groups excluding carboxylic acids is 3. The van der Waals surface area contributed by atoms with E-state index < -0.39 is 22.4 Å². The molecule has 6 unspecified atom stereocenters. The molecule has 140 valence electrons. The second-order valence-electron chi connectivity index (χ2n) is 9.40. The van der Waals surface area contributed by atoms with E-state index >= 15 is 4.39 Å². The van der Waals surface area contributed by atoms with E-state index in [1.165, 1.54) is 0 Å².